The first-order valence-corrected chi connectivity index (χ1v) is 21.0. The van der Waals surface area contributed by atoms with Crippen LogP contribution in [0, 0.1) is 0 Å². The first kappa shape index (κ1) is 39.0. The van der Waals surface area contributed by atoms with Crippen LogP contribution in [-0.4, -0.2) is 11.7 Å². The molecule has 0 amide bonds. The predicted octanol–water partition coefficient (Wildman–Crippen LogP) is 12.8. The molecular weight excluding hydrogens is 689 g/mol. The smallest absolute Gasteiger partial charge is 0.252 e. The number of pyridine rings is 1. The third-order valence-electron chi connectivity index (χ3n) is 12.5. The van der Waals surface area contributed by atoms with Gasteiger partial charge < -0.3 is 9.80 Å². The molecule has 3 heterocycles. The molecule has 2 aliphatic rings. The molecule has 2 aliphatic heterocycles. The number of rotatable bonds is 2. The highest BCUT2D eigenvalue weighted by Crippen LogP contribution is 2.49. The quantitative estimate of drug-likeness (QED) is 0.164. The zero-order valence-corrected chi connectivity index (χ0v) is 37.2. The summed E-state index contributed by atoms with van der Waals surface area (Å²) in [6, 6.07) is 35.9. The molecule has 5 aromatic carbocycles. The predicted molar refractivity (Wildman–Crippen MR) is 249 cm³/mol. The largest absolute Gasteiger partial charge is 0.311 e. The summed E-state index contributed by atoms with van der Waals surface area (Å²) in [6.07, 6.45) is 4.10. The third-order valence-corrected chi connectivity index (χ3v) is 12.5. The number of hydrogen-bond donors (Lipinski definition) is 0. The Morgan fingerprint density at radius 2 is 0.842 bits per heavy atom. The van der Waals surface area contributed by atoms with Crippen LogP contribution in [0.2, 0.25) is 0 Å². The second-order valence-electron chi connectivity index (χ2n) is 21.9. The van der Waals surface area contributed by atoms with E-state index in [-0.39, 0.29) is 33.8 Å². The van der Waals surface area contributed by atoms with E-state index in [0.29, 0.717) is 0 Å². The highest BCUT2D eigenvalue weighted by Gasteiger charge is 2.46. The summed E-state index contributed by atoms with van der Waals surface area (Å²) < 4.78 is 0. The summed E-state index contributed by atoms with van der Waals surface area (Å²) in [5.41, 5.74) is 18.0. The van der Waals surface area contributed by atoms with Crippen LogP contribution in [0.4, 0.5) is 34.1 Å². The van der Waals surface area contributed by atoms with E-state index in [9.17, 15) is 0 Å². The SMILES string of the molecule is CC(C)(C)c1ccc(N2c3cc(C(C)(C)C)ccc3B3c4c2cc(C(C)(C)C)cc4N(c2ccc(C(C)(C)C)cc2)c2cc(C(C)(C)C)c4cnccc4c23)cc1. The van der Waals surface area contributed by atoms with Crippen LogP contribution in [0.1, 0.15) is 132 Å². The molecule has 0 spiro atoms. The van der Waals surface area contributed by atoms with Gasteiger partial charge in [0.15, 0.2) is 0 Å². The number of fused-ring (bicyclic) bond motifs is 6. The van der Waals surface area contributed by atoms with E-state index in [1.165, 1.54) is 89.1 Å². The van der Waals surface area contributed by atoms with Gasteiger partial charge in [0.1, 0.15) is 0 Å². The van der Waals surface area contributed by atoms with E-state index in [4.69, 9.17) is 4.98 Å². The molecule has 6 aromatic rings. The van der Waals surface area contributed by atoms with Gasteiger partial charge in [-0.3, -0.25) is 4.98 Å². The molecule has 0 aliphatic carbocycles. The van der Waals surface area contributed by atoms with Crippen molar-refractivity contribution in [3.63, 3.8) is 0 Å². The van der Waals surface area contributed by atoms with Gasteiger partial charge in [-0.1, -0.05) is 140 Å². The minimum absolute atomic E-state index is 0.0113. The second kappa shape index (κ2) is 12.8. The van der Waals surface area contributed by atoms with Crippen LogP contribution in [0.5, 0.6) is 0 Å². The fourth-order valence-electron chi connectivity index (χ4n) is 9.04. The molecule has 0 saturated carbocycles. The molecule has 0 N–H and O–H groups in total. The monoisotopic (exact) mass is 752 g/mol. The maximum absolute atomic E-state index is 4.75. The molecule has 0 fully saturated rings. The number of hydrogen-bond acceptors (Lipinski definition) is 3. The molecule has 1 aromatic heterocycles. The van der Waals surface area contributed by atoms with E-state index in [1.807, 2.05) is 6.20 Å². The Kier molecular flexibility index (Phi) is 8.79. The fraction of sp³-hybridized carbons (Fsp3) is 0.377. The van der Waals surface area contributed by atoms with Crippen LogP contribution >= 0.6 is 0 Å². The van der Waals surface area contributed by atoms with Gasteiger partial charge in [-0.15, -0.1) is 0 Å². The van der Waals surface area contributed by atoms with Crippen molar-refractivity contribution in [2.75, 3.05) is 9.80 Å². The summed E-state index contributed by atoms with van der Waals surface area (Å²) in [6.45, 7) is 34.9. The molecule has 0 unspecified atom stereocenters. The van der Waals surface area contributed by atoms with Crippen molar-refractivity contribution in [3.8, 4) is 0 Å². The Bertz CT molecular complexity index is 2510. The van der Waals surface area contributed by atoms with Gasteiger partial charge in [0.25, 0.3) is 6.71 Å². The summed E-state index contributed by atoms with van der Waals surface area (Å²) in [7, 11) is 0. The molecule has 0 bridgehead atoms. The zero-order chi connectivity index (χ0) is 41.2. The van der Waals surface area contributed by atoms with Gasteiger partial charge in [0, 0.05) is 51.9 Å². The number of aromatic nitrogens is 1. The Hall–Kier alpha value is -4.83. The van der Waals surface area contributed by atoms with Gasteiger partial charge in [-0.2, -0.15) is 0 Å². The van der Waals surface area contributed by atoms with E-state index < -0.39 is 0 Å². The van der Waals surface area contributed by atoms with Gasteiger partial charge in [-0.25, -0.2) is 0 Å². The Morgan fingerprint density at radius 3 is 1.32 bits per heavy atom. The van der Waals surface area contributed by atoms with Gasteiger partial charge >= 0.3 is 0 Å². The van der Waals surface area contributed by atoms with E-state index >= 15 is 0 Å². The average Bonchev–Trinajstić information content (AvgIpc) is 3.12. The van der Waals surface area contributed by atoms with E-state index in [0.717, 1.165) is 0 Å². The molecule has 0 saturated heterocycles. The maximum Gasteiger partial charge on any atom is 0.252 e. The lowest BCUT2D eigenvalue weighted by Crippen LogP contribution is -2.62. The zero-order valence-electron chi connectivity index (χ0n) is 37.2. The topological polar surface area (TPSA) is 19.4 Å². The maximum atomic E-state index is 4.75. The first-order valence-electron chi connectivity index (χ1n) is 21.0. The van der Waals surface area contributed by atoms with Crippen molar-refractivity contribution in [2.45, 2.75) is 131 Å². The van der Waals surface area contributed by atoms with Gasteiger partial charge in [0.05, 0.1) is 0 Å². The molecule has 4 heteroatoms. The second-order valence-corrected chi connectivity index (χ2v) is 21.9. The van der Waals surface area contributed by atoms with E-state index in [2.05, 4.69) is 211 Å². The van der Waals surface area contributed by atoms with Crippen molar-refractivity contribution < 1.29 is 0 Å². The van der Waals surface area contributed by atoms with Crippen LogP contribution in [0.15, 0.2) is 103 Å². The lowest BCUT2D eigenvalue weighted by Gasteiger charge is -2.46. The number of nitrogens with zero attached hydrogens (tertiary/aromatic N) is 3. The normalized spacial score (nSPS) is 14.5. The third kappa shape index (κ3) is 6.58. The van der Waals surface area contributed by atoms with Crippen LogP contribution in [-0.2, 0) is 27.1 Å². The van der Waals surface area contributed by atoms with Crippen LogP contribution < -0.4 is 26.2 Å². The Morgan fingerprint density at radius 1 is 0.404 bits per heavy atom. The Balaban J connectivity index is 1.55. The number of anilines is 6. The van der Waals surface area contributed by atoms with Gasteiger partial charge in [-0.05, 0) is 131 Å². The molecule has 0 radical (unpaired) electrons. The standard InChI is InChI=1S/C53H62BN3/c1-49(2,3)33-16-21-37(22-17-33)56-43-28-35(51(7,8)9)20-25-42(43)54-47-39-26-27-55-32-40(39)41(53(13,14)15)31-46(47)57(38-23-18-34(19-24-38)50(4,5)6)45-30-36(52(10,11)12)29-44(56)48(45)54/h16-32H,1-15H3. The molecule has 0 atom stereocenters. The minimum atomic E-state index is -0.0983. The summed E-state index contributed by atoms with van der Waals surface area (Å²) in [5, 5.41) is 2.51. The first-order chi connectivity index (χ1) is 26.4. The molecule has 57 heavy (non-hydrogen) atoms. The molecule has 3 nitrogen and oxygen atoms in total. The minimum Gasteiger partial charge on any atom is -0.311 e. The van der Waals surface area contributed by atoms with Crippen molar-refractivity contribution in [3.05, 3.63) is 131 Å². The van der Waals surface area contributed by atoms with Crippen molar-refractivity contribution in [1.82, 2.24) is 4.98 Å². The molecule has 292 valence electrons. The van der Waals surface area contributed by atoms with Crippen molar-refractivity contribution >= 4 is 68.0 Å². The molecular formula is C53H62BN3. The number of benzene rings is 5. The molecule has 8 rings (SSSR count). The van der Waals surface area contributed by atoms with Crippen LogP contribution in [0.25, 0.3) is 10.8 Å². The van der Waals surface area contributed by atoms with Crippen LogP contribution in [0.3, 0.4) is 0 Å². The fourth-order valence-corrected chi connectivity index (χ4v) is 9.04. The van der Waals surface area contributed by atoms with Crippen molar-refractivity contribution in [2.24, 2.45) is 0 Å². The lowest BCUT2D eigenvalue weighted by molar-refractivity contribution is 0.589. The lowest BCUT2D eigenvalue weighted by atomic mass is 9.32. The summed E-state index contributed by atoms with van der Waals surface area (Å²) >= 11 is 0. The van der Waals surface area contributed by atoms with Crippen molar-refractivity contribution in [1.29, 1.82) is 0 Å². The highest BCUT2D eigenvalue weighted by molar-refractivity contribution is 7.01. The Labute approximate surface area is 343 Å². The van der Waals surface area contributed by atoms with Gasteiger partial charge in [0.2, 0.25) is 0 Å². The summed E-state index contributed by atoms with van der Waals surface area (Å²) in [4.78, 5) is 9.93. The highest BCUT2D eigenvalue weighted by atomic mass is 15.2. The average molecular weight is 752 g/mol. The summed E-state index contributed by atoms with van der Waals surface area (Å²) in [5.74, 6) is 0. The van der Waals surface area contributed by atoms with E-state index in [1.54, 1.807) is 0 Å².